The highest BCUT2D eigenvalue weighted by molar-refractivity contribution is 5.96. The molecule has 3 aromatic heterocycles. The van der Waals surface area contributed by atoms with Crippen molar-refractivity contribution in [3.05, 3.63) is 34.4 Å². The number of nitrogen functional groups attached to an aromatic ring is 1. The van der Waals surface area contributed by atoms with Gasteiger partial charge in [-0.25, -0.2) is 4.98 Å². The van der Waals surface area contributed by atoms with E-state index in [0.717, 1.165) is 12.8 Å². The zero-order chi connectivity index (χ0) is 20.9. The highest BCUT2D eigenvalue weighted by Crippen LogP contribution is 2.26. The van der Waals surface area contributed by atoms with Crippen LogP contribution < -0.4 is 16.6 Å². The molecule has 0 saturated heterocycles. The molecule has 1 amide bonds. The number of anilines is 1. The first-order chi connectivity index (χ1) is 13.6. The van der Waals surface area contributed by atoms with E-state index >= 15 is 0 Å². The fourth-order valence-electron chi connectivity index (χ4n) is 3.10. The van der Waals surface area contributed by atoms with Gasteiger partial charge in [0, 0.05) is 18.7 Å². The number of carbonyl (C=O) groups excluding carboxylic acids is 1. The van der Waals surface area contributed by atoms with Gasteiger partial charge >= 0.3 is 0 Å². The third-order valence-corrected chi connectivity index (χ3v) is 4.54. The summed E-state index contributed by atoms with van der Waals surface area (Å²) in [5, 5.41) is 17.9. The fourth-order valence-corrected chi connectivity index (χ4v) is 3.10. The maximum absolute atomic E-state index is 13.2. The van der Waals surface area contributed by atoms with Gasteiger partial charge in [0.2, 0.25) is 5.88 Å². The van der Waals surface area contributed by atoms with Crippen molar-refractivity contribution >= 4 is 17.4 Å². The van der Waals surface area contributed by atoms with Crippen LogP contribution in [-0.2, 0) is 6.54 Å². The molecule has 1 saturated carbocycles. The predicted octanol–water partition coefficient (Wildman–Crippen LogP) is 1.18. The van der Waals surface area contributed by atoms with E-state index in [1.165, 1.54) is 21.5 Å². The molecule has 0 bridgehead atoms. The number of hydrogen-bond donors (Lipinski definition) is 3. The van der Waals surface area contributed by atoms with Gasteiger partial charge < -0.3 is 16.2 Å². The molecule has 0 radical (unpaired) electrons. The van der Waals surface area contributed by atoms with Gasteiger partial charge in [-0.2, -0.15) is 9.61 Å². The second kappa shape index (κ2) is 6.57. The van der Waals surface area contributed by atoms with Crippen molar-refractivity contribution in [2.24, 2.45) is 5.41 Å². The Balaban J connectivity index is 1.95. The summed E-state index contributed by atoms with van der Waals surface area (Å²) in [4.78, 5) is 34.0. The molecule has 1 aliphatic rings. The van der Waals surface area contributed by atoms with E-state index in [0.29, 0.717) is 23.6 Å². The zero-order valence-electron chi connectivity index (χ0n) is 16.5. The lowest BCUT2D eigenvalue weighted by Gasteiger charge is -2.21. The van der Waals surface area contributed by atoms with E-state index in [9.17, 15) is 14.7 Å². The first-order valence-electron chi connectivity index (χ1n) is 9.38. The molecule has 0 unspecified atom stereocenters. The van der Waals surface area contributed by atoms with Gasteiger partial charge in [0.05, 0.1) is 12.4 Å². The van der Waals surface area contributed by atoms with Crippen LogP contribution in [0.1, 0.15) is 44.0 Å². The van der Waals surface area contributed by atoms with Crippen molar-refractivity contribution < 1.29 is 9.90 Å². The van der Waals surface area contributed by atoms with E-state index in [1.54, 1.807) is 6.07 Å². The molecule has 4 rings (SSSR count). The molecule has 0 aliphatic heterocycles. The summed E-state index contributed by atoms with van der Waals surface area (Å²) in [5.41, 5.74) is 5.69. The summed E-state index contributed by atoms with van der Waals surface area (Å²) in [6.45, 7) is 6.27. The van der Waals surface area contributed by atoms with Crippen molar-refractivity contribution in [2.75, 3.05) is 5.73 Å². The number of aromatic nitrogens is 5. The number of rotatable bonds is 4. The van der Waals surface area contributed by atoms with Gasteiger partial charge in [-0.05, 0) is 18.3 Å². The standard InChI is InChI=1S/C19H23N7O3/c1-19(2,3)9-25-14-6-11(12-7-21-8-13(20)23-12)24-26(14)18(29)15(17(25)28)16(27)22-10-4-5-10/h6-8,10,29H,4-5,9H2,1-3H3,(H2,20,23)(H,22,27). The minimum absolute atomic E-state index is 0.0452. The van der Waals surface area contributed by atoms with Crippen LogP contribution in [0.25, 0.3) is 17.0 Å². The first kappa shape index (κ1) is 18.9. The summed E-state index contributed by atoms with van der Waals surface area (Å²) in [5.74, 6) is -0.878. The van der Waals surface area contributed by atoms with E-state index in [2.05, 4.69) is 20.4 Å². The normalized spacial score (nSPS) is 14.3. The average Bonchev–Trinajstić information content (AvgIpc) is 3.31. The van der Waals surface area contributed by atoms with E-state index in [4.69, 9.17) is 5.73 Å². The molecule has 0 atom stereocenters. The molecule has 10 heteroatoms. The molecule has 3 aromatic rings. The molecule has 10 nitrogen and oxygen atoms in total. The van der Waals surface area contributed by atoms with Gasteiger partial charge in [-0.15, -0.1) is 0 Å². The highest BCUT2D eigenvalue weighted by Gasteiger charge is 2.30. The van der Waals surface area contributed by atoms with E-state index in [1.807, 2.05) is 20.8 Å². The highest BCUT2D eigenvalue weighted by atomic mass is 16.3. The predicted molar refractivity (Wildman–Crippen MR) is 106 cm³/mol. The largest absolute Gasteiger partial charge is 0.492 e. The Morgan fingerprint density at radius 1 is 1.31 bits per heavy atom. The summed E-state index contributed by atoms with van der Waals surface area (Å²) in [6.07, 6.45) is 4.63. The lowest BCUT2D eigenvalue weighted by Crippen LogP contribution is -2.37. The lowest BCUT2D eigenvalue weighted by molar-refractivity contribution is 0.0944. The van der Waals surface area contributed by atoms with Crippen LogP contribution in [-0.4, -0.2) is 41.2 Å². The van der Waals surface area contributed by atoms with Crippen LogP contribution in [0.4, 0.5) is 5.82 Å². The quantitative estimate of drug-likeness (QED) is 0.600. The maximum Gasteiger partial charge on any atom is 0.270 e. The Labute approximate surface area is 166 Å². The monoisotopic (exact) mass is 397 g/mol. The third kappa shape index (κ3) is 3.65. The molecule has 1 aliphatic carbocycles. The maximum atomic E-state index is 13.2. The number of carbonyl (C=O) groups is 1. The van der Waals surface area contributed by atoms with Gasteiger partial charge in [0.15, 0.2) is 5.56 Å². The first-order valence-corrected chi connectivity index (χ1v) is 9.38. The second-order valence-electron chi connectivity index (χ2n) is 8.53. The smallest absolute Gasteiger partial charge is 0.270 e. The molecule has 152 valence electrons. The Kier molecular flexibility index (Phi) is 4.29. The van der Waals surface area contributed by atoms with Crippen molar-refractivity contribution in [3.63, 3.8) is 0 Å². The van der Waals surface area contributed by atoms with Crippen LogP contribution in [0.2, 0.25) is 0 Å². The number of nitrogens with zero attached hydrogens (tertiary/aromatic N) is 5. The van der Waals surface area contributed by atoms with Gasteiger partial charge in [0.1, 0.15) is 22.9 Å². The molecule has 1 fully saturated rings. The average molecular weight is 397 g/mol. The minimum atomic E-state index is -0.597. The molecule has 4 N–H and O–H groups in total. The van der Waals surface area contributed by atoms with Crippen molar-refractivity contribution in [1.29, 1.82) is 0 Å². The summed E-state index contributed by atoms with van der Waals surface area (Å²) >= 11 is 0. The number of nitrogens with two attached hydrogens (primary N) is 1. The third-order valence-electron chi connectivity index (χ3n) is 4.54. The van der Waals surface area contributed by atoms with Crippen LogP contribution in [0, 0.1) is 5.41 Å². The fraction of sp³-hybridized carbons (Fsp3) is 0.421. The Bertz CT molecular complexity index is 1170. The zero-order valence-corrected chi connectivity index (χ0v) is 16.5. The van der Waals surface area contributed by atoms with Crippen molar-refractivity contribution in [1.82, 2.24) is 29.5 Å². The molecule has 0 spiro atoms. The van der Waals surface area contributed by atoms with Gasteiger partial charge in [-0.1, -0.05) is 20.8 Å². The number of fused-ring (bicyclic) bond motifs is 1. The van der Waals surface area contributed by atoms with Gasteiger partial charge in [-0.3, -0.25) is 19.1 Å². The number of aromatic hydroxyl groups is 1. The second-order valence-corrected chi connectivity index (χ2v) is 8.53. The summed E-state index contributed by atoms with van der Waals surface area (Å²) in [7, 11) is 0. The van der Waals surface area contributed by atoms with Crippen LogP contribution in [0.3, 0.4) is 0 Å². The minimum Gasteiger partial charge on any atom is -0.492 e. The topological polar surface area (TPSA) is 140 Å². The molecular weight excluding hydrogens is 374 g/mol. The van der Waals surface area contributed by atoms with Crippen molar-refractivity contribution in [3.8, 4) is 17.3 Å². The molecule has 29 heavy (non-hydrogen) atoms. The van der Waals surface area contributed by atoms with Crippen LogP contribution >= 0.6 is 0 Å². The van der Waals surface area contributed by atoms with Crippen molar-refractivity contribution in [2.45, 2.75) is 46.2 Å². The van der Waals surface area contributed by atoms with E-state index in [-0.39, 0.29) is 22.8 Å². The van der Waals surface area contributed by atoms with Gasteiger partial charge in [0.25, 0.3) is 11.5 Å². The summed E-state index contributed by atoms with van der Waals surface area (Å²) < 4.78 is 2.65. The number of nitrogens with one attached hydrogen (secondary N) is 1. The number of amides is 1. The lowest BCUT2D eigenvalue weighted by atomic mass is 9.97. The Morgan fingerprint density at radius 3 is 2.66 bits per heavy atom. The van der Waals surface area contributed by atoms with Crippen LogP contribution in [0.15, 0.2) is 23.3 Å². The molecule has 0 aromatic carbocycles. The SMILES string of the molecule is CC(C)(C)Cn1c(=O)c(C(=O)NC2CC2)c(O)n2nc(-c3cncc(N)n3)cc12. The number of hydrogen-bond acceptors (Lipinski definition) is 7. The molecular formula is C19H23N7O3. The Morgan fingerprint density at radius 2 is 2.03 bits per heavy atom. The summed E-state index contributed by atoms with van der Waals surface area (Å²) in [6, 6.07) is 1.67. The Hall–Kier alpha value is -3.43. The van der Waals surface area contributed by atoms with Crippen LogP contribution in [0.5, 0.6) is 5.88 Å². The van der Waals surface area contributed by atoms with E-state index < -0.39 is 17.3 Å². The molecule has 3 heterocycles.